The second-order valence-electron chi connectivity index (χ2n) is 4.45. The lowest BCUT2D eigenvalue weighted by molar-refractivity contribution is 0.179. The minimum absolute atomic E-state index is 0.286. The van der Waals surface area contributed by atoms with E-state index in [1.54, 1.807) is 20.1 Å². The molecule has 0 atom stereocenters. The molecule has 1 aromatic carbocycles. The molecule has 2 N–H and O–H groups in total. The fraction of sp³-hybridized carbons (Fsp3) is 0.538. The maximum absolute atomic E-state index is 12.6. The number of ether oxygens (including phenoxy) is 1. The number of hydrogen-bond acceptors (Lipinski definition) is 4. The van der Waals surface area contributed by atoms with Crippen molar-refractivity contribution in [2.24, 2.45) is 5.73 Å². The maximum atomic E-state index is 12.6. The van der Waals surface area contributed by atoms with Gasteiger partial charge < -0.3 is 10.5 Å². The SMILES string of the molecule is COCCN(CCN)S(=O)(=O)c1cc(C)ccc1C. The molecule has 0 saturated carbocycles. The third kappa shape index (κ3) is 4.01. The van der Waals surface area contributed by atoms with Crippen molar-refractivity contribution in [1.82, 2.24) is 4.31 Å². The molecule has 6 heteroatoms. The zero-order valence-electron chi connectivity index (χ0n) is 11.7. The van der Waals surface area contributed by atoms with Crippen LogP contribution in [0.15, 0.2) is 23.1 Å². The van der Waals surface area contributed by atoms with Crippen LogP contribution in [0.1, 0.15) is 11.1 Å². The highest BCUT2D eigenvalue weighted by Crippen LogP contribution is 2.20. The molecule has 0 heterocycles. The molecule has 1 aromatic rings. The largest absolute Gasteiger partial charge is 0.383 e. The van der Waals surface area contributed by atoms with E-state index in [-0.39, 0.29) is 6.54 Å². The highest BCUT2D eigenvalue weighted by molar-refractivity contribution is 7.89. The van der Waals surface area contributed by atoms with Gasteiger partial charge in [-0.05, 0) is 31.0 Å². The number of rotatable bonds is 7. The third-order valence-electron chi connectivity index (χ3n) is 2.88. The lowest BCUT2D eigenvalue weighted by Gasteiger charge is -2.22. The molecule has 0 spiro atoms. The summed E-state index contributed by atoms with van der Waals surface area (Å²) in [5, 5.41) is 0. The zero-order valence-corrected chi connectivity index (χ0v) is 12.5. The van der Waals surface area contributed by atoms with Crippen molar-refractivity contribution in [2.45, 2.75) is 18.7 Å². The molecule has 0 aliphatic heterocycles. The first kappa shape index (κ1) is 16.1. The molecule has 0 aliphatic rings. The third-order valence-corrected chi connectivity index (χ3v) is 4.93. The van der Waals surface area contributed by atoms with Crippen LogP contribution >= 0.6 is 0 Å². The van der Waals surface area contributed by atoms with Gasteiger partial charge in [0, 0.05) is 26.7 Å². The summed E-state index contributed by atoms with van der Waals surface area (Å²) in [6.45, 7) is 4.91. The van der Waals surface area contributed by atoms with Crippen molar-refractivity contribution < 1.29 is 13.2 Å². The van der Waals surface area contributed by atoms with Gasteiger partial charge in [0.2, 0.25) is 10.0 Å². The summed E-state index contributed by atoms with van der Waals surface area (Å²) in [5.41, 5.74) is 7.16. The Hall–Kier alpha value is -0.950. The Labute approximate surface area is 115 Å². The molecule has 0 unspecified atom stereocenters. The quantitative estimate of drug-likeness (QED) is 0.808. The average molecular weight is 286 g/mol. The molecule has 0 radical (unpaired) electrons. The molecule has 1 rings (SSSR count). The van der Waals surface area contributed by atoms with E-state index in [0.717, 1.165) is 11.1 Å². The van der Waals surface area contributed by atoms with Gasteiger partial charge in [-0.2, -0.15) is 4.31 Å². The van der Waals surface area contributed by atoms with Crippen molar-refractivity contribution in [2.75, 3.05) is 33.4 Å². The first-order chi connectivity index (χ1) is 8.93. The molecule has 108 valence electrons. The van der Waals surface area contributed by atoms with Crippen molar-refractivity contribution in [3.63, 3.8) is 0 Å². The van der Waals surface area contributed by atoms with E-state index in [2.05, 4.69) is 0 Å². The van der Waals surface area contributed by atoms with Gasteiger partial charge in [0.1, 0.15) is 0 Å². The van der Waals surface area contributed by atoms with Gasteiger partial charge in [0.05, 0.1) is 11.5 Å². The normalized spacial score (nSPS) is 12.1. The number of nitrogens with zero attached hydrogens (tertiary/aromatic N) is 1. The molecule has 0 amide bonds. The number of benzene rings is 1. The van der Waals surface area contributed by atoms with Gasteiger partial charge >= 0.3 is 0 Å². The van der Waals surface area contributed by atoms with Gasteiger partial charge in [-0.15, -0.1) is 0 Å². The van der Waals surface area contributed by atoms with Crippen LogP contribution in [0.25, 0.3) is 0 Å². The molecule has 0 aromatic heterocycles. The number of nitrogens with two attached hydrogens (primary N) is 1. The Balaban J connectivity index is 3.14. The van der Waals surface area contributed by atoms with Crippen LogP contribution in [-0.2, 0) is 14.8 Å². The molecule has 0 fully saturated rings. The Morgan fingerprint density at radius 1 is 1.26 bits per heavy atom. The van der Waals surface area contributed by atoms with Crippen molar-refractivity contribution in [1.29, 1.82) is 0 Å². The topological polar surface area (TPSA) is 72.6 Å². The maximum Gasteiger partial charge on any atom is 0.243 e. The Bertz CT molecular complexity index is 515. The average Bonchev–Trinajstić information content (AvgIpc) is 2.37. The van der Waals surface area contributed by atoms with E-state index in [4.69, 9.17) is 10.5 Å². The van der Waals surface area contributed by atoms with E-state index in [1.807, 2.05) is 19.1 Å². The zero-order chi connectivity index (χ0) is 14.5. The van der Waals surface area contributed by atoms with Crippen LogP contribution in [0.3, 0.4) is 0 Å². The molecule has 0 aliphatic carbocycles. The first-order valence-corrected chi connectivity index (χ1v) is 7.64. The summed E-state index contributed by atoms with van der Waals surface area (Å²) in [4.78, 5) is 0.344. The fourth-order valence-corrected chi connectivity index (χ4v) is 3.56. The minimum atomic E-state index is -3.52. The molecular weight excluding hydrogens is 264 g/mol. The number of sulfonamides is 1. The van der Waals surface area contributed by atoms with Crippen LogP contribution in [0.5, 0.6) is 0 Å². The molecule has 5 nitrogen and oxygen atoms in total. The molecule has 0 saturated heterocycles. The van der Waals surface area contributed by atoms with E-state index >= 15 is 0 Å². The van der Waals surface area contributed by atoms with E-state index in [0.29, 0.717) is 24.6 Å². The second-order valence-corrected chi connectivity index (χ2v) is 6.36. The van der Waals surface area contributed by atoms with Crippen LogP contribution in [0, 0.1) is 13.8 Å². The van der Waals surface area contributed by atoms with E-state index in [9.17, 15) is 8.42 Å². The summed E-state index contributed by atoms with van der Waals surface area (Å²) in [6.07, 6.45) is 0. The van der Waals surface area contributed by atoms with E-state index < -0.39 is 10.0 Å². The second kappa shape index (κ2) is 7.00. The predicted octanol–water partition coefficient (Wildman–Crippen LogP) is 0.899. The highest BCUT2D eigenvalue weighted by atomic mass is 32.2. The highest BCUT2D eigenvalue weighted by Gasteiger charge is 2.25. The van der Waals surface area contributed by atoms with Gasteiger partial charge in [0.15, 0.2) is 0 Å². The lowest BCUT2D eigenvalue weighted by Crippen LogP contribution is -2.38. The standard InChI is InChI=1S/C13H22N2O3S/c1-11-4-5-12(2)13(10-11)19(16,17)15(7-6-14)8-9-18-3/h4-5,10H,6-9,14H2,1-3H3. The van der Waals surface area contributed by atoms with Crippen LogP contribution in [0.2, 0.25) is 0 Å². The summed E-state index contributed by atoms with van der Waals surface area (Å²) in [5.74, 6) is 0. The van der Waals surface area contributed by atoms with Crippen molar-refractivity contribution >= 4 is 10.0 Å². The summed E-state index contributed by atoms with van der Waals surface area (Å²) in [7, 11) is -1.97. The summed E-state index contributed by atoms with van der Waals surface area (Å²) < 4.78 is 31.6. The van der Waals surface area contributed by atoms with Gasteiger partial charge in [-0.25, -0.2) is 8.42 Å². The van der Waals surface area contributed by atoms with Gasteiger partial charge in [0.25, 0.3) is 0 Å². The van der Waals surface area contributed by atoms with Crippen LogP contribution < -0.4 is 5.73 Å². The van der Waals surface area contributed by atoms with Crippen LogP contribution in [0.4, 0.5) is 0 Å². The summed E-state index contributed by atoms with van der Waals surface area (Å²) >= 11 is 0. The Morgan fingerprint density at radius 2 is 1.95 bits per heavy atom. The van der Waals surface area contributed by atoms with E-state index in [1.165, 1.54) is 4.31 Å². The smallest absolute Gasteiger partial charge is 0.243 e. The molecule has 0 bridgehead atoms. The Morgan fingerprint density at radius 3 is 2.53 bits per heavy atom. The van der Waals surface area contributed by atoms with Crippen LogP contribution in [-0.4, -0.2) is 46.1 Å². The monoisotopic (exact) mass is 286 g/mol. The minimum Gasteiger partial charge on any atom is -0.383 e. The van der Waals surface area contributed by atoms with Crippen molar-refractivity contribution in [3.8, 4) is 0 Å². The summed E-state index contributed by atoms with van der Waals surface area (Å²) in [6, 6.07) is 5.41. The first-order valence-electron chi connectivity index (χ1n) is 6.20. The fourth-order valence-electron chi connectivity index (χ4n) is 1.81. The predicted molar refractivity (Wildman–Crippen MR) is 75.6 cm³/mol. The molecular formula is C13H22N2O3S. The van der Waals surface area contributed by atoms with Gasteiger partial charge in [-0.3, -0.25) is 0 Å². The Kier molecular flexibility index (Phi) is 5.93. The van der Waals surface area contributed by atoms with Gasteiger partial charge in [-0.1, -0.05) is 12.1 Å². The lowest BCUT2D eigenvalue weighted by atomic mass is 10.2. The number of hydrogen-bond donors (Lipinski definition) is 1. The number of aryl methyl sites for hydroxylation is 2. The molecule has 19 heavy (non-hydrogen) atoms. The van der Waals surface area contributed by atoms with Crippen molar-refractivity contribution in [3.05, 3.63) is 29.3 Å². The number of methoxy groups -OCH3 is 1.